The van der Waals surface area contributed by atoms with Crippen molar-refractivity contribution in [3.63, 3.8) is 0 Å². The fourth-order valence-corrected chi connectivity index (χ4v) is 5.62. The van der Waals surface area contributed by atoms with Crippen LogP contribution in [0.1, 0.15) is 36.9 Å². The molecule has 0 aliphatic carbocycles. The van der Waals surface area contributed by atoms with E-state index in [1.54, 1.807) is 14.2 Å². The van der Waals surface area contributed by atoms with Crippen molar-refractivity contribution in [3.8, 4) is 11.5 Å². The van der Waals surface area contributed by atoms with Crippen molar-refractivity contribution < 1.29 is 14.3 Å². The van der Waals surface area contributed by atoms with Crippen LogP contribution in [0.3, 0.4) is 0 Å². The molecule has 1 aliphatic heterocycles. The number of anilines is 2. The Balaban J connectivity index is 1.37. The van der Waals surface area contributed by atoms with Crippen LogP contribution in [0, 0.1) is 0 Å². The van der Waals surface area contributed by atoms with Gasteiger partial charge in [-0.25, -0.2) is 0 Å². The number of nitrogens with one attached hydrogen (secondary N) is 1. The molecule has 2 heterocycles. The first kappa shape index (κ1) is 23.4. The first-order chi connectivity index (χ1) is 16.1. The van der Waals surface area contributed by atoms with Crippen LogP contribution < -0.4 is 14.8 Å². The molecule has 0 saturated carbocycles. The Kier molecular flexibility index (Phi) is 7.72. The average Bonchev–Trinajstić information content (AvgIpc) is 3.52. The predicted molar refractivity (Wildman–Crippen MR) is 133 cm³/mol. The van der Waals surface area contributed by atoms with Gasteiger partial charge in [-0.15, -0.1) is 10.2 Å². The van der Waals surface area contributed by atoms with Crippen molar-refractivity contribution in [1.29, 1.82) is 0 Å². The van der Waals surface area contributed by atoms with Gasteiger partial charge >= 0.3 is 0 Å². The second kappa shape index (κ2) is 10.9. The van der Waals surface area contributed by atoms with Gasteiger partial charge in [0, 0.05) is 17.8 Å². The first-order valence-electron chi connectivity index (χ1n) is 10.9. The molecule has 1 atom stereocenters. The molecule has 1 N–H and O–H groups in total. The number of carbonyl (C=O) groups is 1. The summed E-state index contributed by atoms with van der Waals surface area (Å²) in [6.45, 7) is 2.87. The maximum atomic E-state index is 13.1. The number of carbonyl (C=O) groups excluding carboxylic acids is 1. The second-order valence-electron chi connectivity index (χ2n) is 7.69. The Morgan fingerprint density at radius 2 is 2.00 bits per heavy atom. The van der Waals surface area contributed by atoms with E-state index in [-0.39, 0.29) is 11.9 Å². The highest BCUT2D eigenvalue weighted by atomic mass is 32.2. The van der Waals surface area contributed by atoms with Crippen LogP contribution in [0.2, 0.25) is 0 Å². The van der Waals surface area contributed by atoms with E-state index in [0.29, 0.717) is 5.75 Å². The standard InChI is InChI=1S/C24H28N4O3S2/c1-4-16-7-9-17(10-8-16)25-23-26-27-24(33-23)32-15-22(29)28-13-5-6-20(28)19-14-18(30-2)11-12-21(19)31-3/h7-12,14,20H,4-6,13,15H2,1-3H3,(H,25,26)/t20-/m0/s1. The highest BCUT2D eigenvalue weighted by Crippen LogP contribution is 2.39. The number of aromatic nitrogens is 2. The third-order valence-corrected chi connectivity index (χ3v) is 7.66. The summed E-state index contributed by atoms with van der Waals surface area (Å²) < 4.78 is 11.7. The van der Waals surface area contributed by atoms with E-state index in [2.05, 4.69) is 34.6 Å². The van der Waals surface area contributed by atoms with Gasteiger partial charge in [0.25, 0.3) is 0 Å². The highest BCUT2D eigenvalue weighted by molar-refractivity contribution is 8.01. The number of methoxy groups -OCH3 is 2. The summed E-state index contributed by atoms with van der Waals surface area (Å²) >= 11 is 2.88. The molecule has 0 unspecified atom stereocenters. The SMILES string of the molecule is CCc1ccc(Nc2nnc(SCC(=O)N3CCC[C@H]3c3cc(OC)ccc3OC)s2)cc1. The molecule has 33 heavy (non-hydrogen) atoms. The number of rotatable bonds is 9. The van der Waals surface area contributed by atoms with Gasteiger partial charge in [0.2, 0.25) is 11.0 Å². The number of hydrogen-bond acceptors (Lipinski definition) is 8. The van der Waals surface area contributed by atoms with Crippen LogP contribution >= 0.6 is 23.1 Å². The summed E-state index contributed by atoms with van der Waals surface area (Å²) in [4.78, 5) is 15.0. The van der Waals surface area contributed by atoms with Crippen molar-refractivity contribution in [3.05, 3.63) is 53.6 Å². The van der Waals surface area contributed by atoms with Gasteiger partial charge in [0.05, 0.1) is 26.0 Å². The van der Waals surface area contributed by atoms with E-state index in [9.17, 15) is 4.79 Å². The van der Waals surface area contributed by atoms with Gasteiger partial charge in [-0.3, -0.25) is 4.79 Å². The van der Waals surface area contributed by atoms with Crippen molar-refractivity contribution >= 4 is 39.8 Å². The molecule has 3 aromatic rings. The number of hydrogen-bond donors (Lipinski definition) is 1. The number of ether oxygens (including phenoxy) is 2. The summed E-state index contributed by atoms with van der Waals surface area (Å²) in [6, 6.07) is 14.0. The monoisotopic (exact) mass is 484 g/mol. The first-order valence-corrected chi connectivity index (χ1v) is 12.7. The van der Waals surface area contributed by atoms with Crippen LogP contribution in [-0.4, -0.2) is 47.5 Å². The summed E-state index contributed by atoms with van der Waals surface area (Å²) in [5, 5.41) is 12.4. The molecule has 2 aromatic carbocycles. The fourth-order valence-electron chi connectivity index (χ4n) is 3.96. The van der Waals surface area contributed by atoms with E-state index >= 15 is 0 Å². The maximum absolute atomic E-state index is 13.1. The fraction of sp³-hybridized carbons (Fsp3) is 0.375. The molecular weight excluding hydrogens is 456 g/mol. The molecule has 1 saturated heterocycles. The summed E-state index contributed by atoms with van der Waals surface area (Å²) in [5.74, 6) is 1.95. The predicted octanol–water partition coefficient (Wildman–Crippen LogP) is 5.32. The zero-order chi connectivity index (χ0) is 23.2. The number of thioether (sulfide) groups is 1. The number of benzene rings is 2. The summed E-state index contributed by atoms with van der Waals surface area (Å²) in [5.41, 5.74) is 3.26. The Hall–Kier alpha value is -2.78. The lowest BCUT2D eigenvalue weighted by Gasteiger charge is -2.26. The molecule has 7 nitrogen and oxygen atoms in total. The lowest BCUT2D eigenvalue weighted by atomic mass is 10.0. The van der Waals surface area contributed by atoms with Crippen molar-refractivity contribution in [2.75, 3.05) is 31.8 Å². The van der Waals surface area contributed by atoms with E-state index in [4.69, 9.17) is 9.47 Å². The maximum Gasteiger partial charge on any atom is 0.233 e. The van der Waals surface area contributed by atoms with E-state index in [1.807, 2.05) is 35.2 Å². The quantitative estimate of drug-likeness (QED) is 0.412. The van der Waals surface area contributed by atoms with Gasteiger partial charge in [0.1, 0.15) is 11.5 Å². The van der Waals surface area contributed by atoms with Crippen LogP contribution in [0.5, 0.6) is 11.5 Å². The normalized spacial score (nSPS) is 15.5. The minimum atomic E-state index is -0.0131. The number of likely N-dealkylation sites (tertiary alicyclic amines) is 1. The lowest BCUT2D eigenvalue weighted by molar-refractivity contribution is -0.129. The Morgan fingerprint density at radius 3 is 2.73 bits per heavy atom. The van der Waals surface area contributed by atoms with Gasteiger partial charge < -0.3 is 19.7 Å². The number of aryl methyl sites for hydroxylation is 1. The smallest absolute Gasteiger partial charge is 0.233 e. The third-order valence-electron chi connectivity index (χ3n) is 5.71. The van der Waals surface area contributed by atoms with Crippen molar-refractivity contribution in [1.82, 2.24) is 15.1 Å². The zero-order valence-corrected chi connectivity index (χ0v) is 20.7. The molecule has 4 rings (SSSR count). The molecule has 0 bridgehead atoms. The van der Waals surface area contributed by atoms with Crippen LogP contribution in [0.25, 0.3) is 0 Å². The van der Waals surface area contributed by atoms with Crippen LogP contribution in [-0.2, 0) is 11.2 Å². The molecule has 9 heteroatoms. The molecule has 1 fully saturated rings. The third kappa shape index (κ3) is 5.59. The Morgan fingerprint density at radius 1 is 1.18 bits per heavy atom. The van der Waals surface area contributed by atoms with Crippen LogP contribution in [0.4, 0.5) is 10.8 Å². The summed E-state index contributed by atoms with van der Waals surface area (Å²) in [6.07, 6.45) is 2.88. The van der Waals surface area contributed by atoms with Crippen molar-refractivity contribution in [2.24, 2.45) is 0 Å². The molecule has 0 spiro atoms. The number of amides is 1. The molecule has 0 radical (unpaired) electrons. The molecule has 1 aromatic heterocycles. The summed E-state index contributed by atoms with van der Waals surface area (Å²) in [7, 11) is 3.30. The van der Waals surface area contributed by atoms with Gasteiger partial charge in [-0.05, 0) is 55.2 Å². The topological polar surface area (TPSA) is 76.6 Å². The number of nitrogens with zero attached hydrogens (tertiary/aromatic N) is 3. The van der Waals surface area contributed by atoms with E-state index in [1.165, 1.54) is 28.7 Å². The van der Waals surface area contributed by atoms with Crippen LogP contribution in [0.15, 0.2) is 46.8 Å². The van der Waals surface area contributed by atoms with Gasteiger partial charge in [0.15, 0.2) is 4.34 Å². The molecule has 174 valence electrons. The lowest BCUT2D eigenvalue weighted by Crippen LogP contribution is -2.32. The molecule has 1 amide bonds. The molecular formula is C24H28N4O3S2. The largest absolute Gasteiger partial charge is 0.497 e. The Bertz CT molecular complexity index is 1090. The highest BCUT2D eigenvalue weighted by Gasteiger charge is 2.32. The van der Waals surface area contributed by atoms with Gasteiger partial charge in [-0.2, -0.15) is 0 Å². The Labute approximate surface area is 202 Å². The molecule has 1 aliphatic rings. The van der Waals surface area contributed by atoms with Crippen molar-refractivity contribution in [2.45, 2.75) is 36.6 Å². The second-order valence-corrected chi connectivity index (χ2v) is 9.89. The van der Waals surface area contributed by atoms with E-state index < -0.39 is 0 Å². The minimum absolute atomic E-state index is 0.0131. The van der Waals surface area contributed by atoms with E-state index in [0.717, 1.165) is 58.0 Å². The zero-order valence-electron chi connectivity index (χ0n) is 19.0. The minimum Gasteiger partial charge on any atom is -0.497 e. The average molecular weight is 485 g/mol. The van der Waals surface area contributed by atoms with Gasteiger partial charge in [-0.1, -0.05) is 42.2 Å².